The zero-order valence-corrected chi connectivity index (χ0v) is 11.3. The van der Waals surface area contributed by atoms with E-state index in [0.717, 1.165) is 45.7 Å². The molecule has 1 aliphatic heterocycles. The van der Waals surface area contributed by atoms with Gasteiger partial charge >= 0.3 is 0 Å². The minimum atomic E-state index is 0.246. The Kier molecular flexibility index (Phi) is 5.34. The van der Waals surface area contributed by atoms with Gasteiger partial charge in [0.1, 0.15) is 0 Å². The smallest absolute Gasteiger partial charge is 0.0991 e. The molecule has 1 N–H and O–H groups in total. The fraction of sp³-hybridized carbons (Fsp3) is 0.533. The number of benzene rings is 1. The normalized spacial score (nSPS) is 17.9. The van der Waals surface area contributed by atoms with E-state index in [9.17, 15) is 0 Å². The van der Waals surface area contributed by atoms with Crippen LogP contribution in [0.25, 0.3) is 0 Å². The minimum Gasteiger partial charge on any atom is -0.395 e. The van der Waals surface area contributed by atoms with Gasteiger partial charge in [0.25, 0.3) is 0 Å². The Morgan fingerprint density at radius 1 is 1.05 bits per heavy atom. The summed E-state index contributed by atoms with van der Waals surface area (Å²) in [6, 6.07) is 9.98. The van der Waals surface area contributed by atoms with Gasteiger partial charge in [0.2, 0.25) is 0 Å². The van der Waals surface area contributed by atoms with Crippen LogP contribution in [0.2, 0.25) is 0 Å². The second-order valence-electron chi connectivity index (χ2n) is 5.00. The minimum absolute atomic E-state index is 0.246. The SMILES string of the molecule is N#Cc1ccc(CN2CCCN(CCO)CC2)cc1. The van der Waals surface area contributed by atoms with Crippen molar-refractivity contribution in [1.29, 1.82) is 5.26 Å². The lowest BCUT2D eigenvalue weighted by Crippen LogP contribution is -2.32. The summed E-state index contributed by atoms with van der Waals surface area (Å²) in [7, 11) is 0. The number of rotatable bonds is 4. The van der Waals surface area contributed by atoms with Gasteiger partial charge in [0.05, 0.1) is 18.2 Å². The Morgan fingerprint density at radius 2 is 1.74 bits per heavy atom. The molecule has 1 fully saturated rings. The van der Waals surface area contributed by atoms with E-state index >= 15 is 0 Å². The standard InChI is InChI=1S/C15H21N3O/c16-12-14-2-4-15(5-3-14)13-18-7-1-6-17(8-9-18)10-11-19/h2-5,19H,1,6-11,13H2. The van der Waals surface area contributed by atoms with Gasteiger partial charge < -0.3 is 5.11 Å². The molecule has 0 aromatic heterocycles. The molecule has 0 saturated carbocycles. The molecule has 1 aromatic rings. The molecular weight excluding hydrogens is 238 g/mol. The first-order valence-corrected chi connectivity index (χ1v) is 6.86. The van der Waals surface area contributed by atoms with E-state index in [1.165, 1.54) is 5.56 Å². The van der Waals surface area contributed by atoms with Crippen LogP contribution in [-0.4, -0.2) is 54.2 Å². The molecule has 2 rings (SSSR count). The molecule has 4 nitrogen and oxygen atoms in total. The maximum atomic E-state index is 8.98. The first kappa shape index (κ1) is 14.0. The van der Waals surface area contributed by atoms with Gasteiger partial charge in [-0.2, -0.15) is 5.26 Å². The summed E-state index contributed by atoms with van der Waals surface area (Å²) < 4.78 is 0. The van der Waals surface area contributed by atoms with E-state index < -0.39 is 0 Å². The van der Waals surface area contributed by atoms with Crippen LogP contribution in [0.3, 0.4) is 0 Å². The van der Waals surface area contributed by atoms with Crippen LogP contribution >= 0.6 is 0 Å². The molecule has 0 radical (unpaired) electrons. The van der Waals surface area contributed by atoms with Gasteiger partial charge in [0, 0.05) is 26.2 Å². The lowest BCUT2D eigenvalue weighted by atomic mass is 10.1. The van der Waals surface area contributed by atoms with E-state index in [1.54, 1.807) is 0 Å². The highest BCUT2D eigenvalue weighted by Gasteiger charge is 2.14. The van der Waals surface area contributed by atoms with Gasteiger partial charge in [-0.25, -0.2) is 0 Å². The molecule has 0 amide bonds. The Bertz CT molecular complexity index is 424. The van der Waals surface area contributed by atoms with Crippen molar-refractivity contribution < 1.29 is 5.11 Å². The first-order valence-electron chi connectivity index (χ1n) is 6.86. The summed E-state index contributed by atoms with van der Waals surface area (Å²) >= 11 is 0. The van der Waals surface area contributed by atoms with Gasteiger partial charge in [-0.05, 0) is 37.2 Å². The van der Waals surface area contributed by atoms with Crippen LogP contribution in [0.1, 0.15) is 17.5 Å². The van der Waals surface area contributed by atoms with Crippen molar-refractivity contribution in [3.8, 4) is 6.07 Å². The Labute approximate surface area is 114 Å². The number of β-amino-alcohol motifs (C(OH)–C–C–N with tert-alkyl or cyclic N) is 1. The molecule has 1 aromatic carbocycles. The van der Waals surface area contributed by atoms with Crippen molar-refractivity contribution in [3.05, 3.63) is 35.4 Å². The molecule has 0 atom stereocenters. The van der Waals surface area contributed by atoms with Crippen LogP contribution in [-0.2, 0) is 6.54 Å². The van der Waals surface area contributed by atoms with Crippen molar-refractivity contribution in [2.75, 3.05) is 39.3 Å². The first-order chi connectivity index (χ1) is 9.31. The summed E-state index contributed by atoms with van der Waals surface area (Å²) in [6.45, 7) is 6.21. The third-order valence-electron chi connectivity index (χ3n) is 3.59. The van der Waals surface area contributed by atoms with Gasteiger partial charge in [-0.3, -0.25) is 9.80 Å². The molecule has 1 aliphatic rings. The molecule has 1 saturated heterocycles. The highest BCUT2D eigenvalue weighted by atomic mass is 16.3. The van der Waals surface area contributed by atoms with Gasteiger partial charge in [0.15, 0.2) is 0 Å². The largest absolute Gasteiger partial charge is 0.395 e. The lowest BCUT2D eigenvalue weighted by molar-refractivity contribution is 0.196. The van der Waals surface area contributed by atoms with Gasteiger partial charge in [-0.15, -0.1) is 0 Å². The topological polar surface area (TPSA) is 50.5 Å². The number of hydrogen-bond acceptors (Lipinski definition) is 4. The second-order valence-corrected chi connectivity index (χ2v) is 5.00. The predicted octanol–water partition coefficient (Wildman–Crippen LogP) is 1.06. The molecule has 0 aliphatic carbocycles. The van der Waals surface area contributed by atoms with E-state index in [4.69, 9.17) is 10.4 Å². The van der Waals surface area contributed by atoms with E-state index in [-0.39, 0.29) is 6.61 Å². The quantitative estimate of drug-likeness (QED) is 0.878. The van der Waals surface area contributed by atoms with Crippen molar-refractivity contribution >= 4 is 0 Å². The predicted molar refractivity (Wildman–Crippen MR) is 74.6 cm³/mol. The third-order valence-corrected chi connectivity index (χ3v) is 3.59. The Morgan fingerprint density at radius 3 is 2.42 bits per heavy atom. The van der Waals surface area contributed by atoms with Crippen LogP contribution in [0, 0.1) is 11.3 Å². The van der Waals surface area contributed by atoms with E-state index in [1.807, 2.05) is 24.3 Å². The third kappa shape index (κ3) is 4.32. The zero-order chi connectivity index (χ0) is 13.5. The average Bonchev–Trinajstić information content (AvgIpc) is 2.66. The number of nitrogens with zero attached hydrogens (tertiary/aromatic N) is 3. The molecule has 1 heterocycles. The summed E-state index contributed by atoms with van der Waals surface area (Å²) in [5.74, 6) is 0. The summed E-state index contributed by atoms with van der Waals surface area (Å²) in [5, 5.41) is 17.8. The monoisotopic (exact) mass is 259 g/mol. The number of aliphatic hydroxyl groups excluding tert-OH is 1. The average molecular weight is 259 g/mol. The van der Waals surface area contributed by atoms with Crippen LogP contribution < -0.4 is 0 Å². The Balaban J connectivity index is 1.87. The summed E-state index contributed by atoms with van der Waals surface area (Å²) in [5.41, 5.74) is 1.98. The summed E-state index contributed by atoms with van der Waals surface area (Å²) in [4.78, 5) is 4.76. The molecule has 0 spiro atoms. The van der Waals surface area contributed by atoms with Crippen molar-refractivity contribution in [1.82, 2.24) is 9.80 Å². The van der Waals surface area contributed by atoms with Gasteiger partial charge in [-0.1, -0.05) is 12.1 Å². The number of nitriles is 1. The van der Waals surface area contributed by atoms with Crippen molar-refractivity contribution in [2.24, 2.45) is 0 Å². The van der Waals surface area contributed by atoms with Crippen molar-refractivity contribution in [3.63, 3.8) is 0 Å². The van der Waals surface area contributed by atoms with Crippen LogP contribution in [0.5, 0.6) is 0 Å². The molecule has 19 heavy (non-hydrogen) atoms. The molecule has 0 bridgehead atoms. The van der Waals surface area contributed by atoms with Crippen LogP contribution in [0.4, 0.5) is 0 Å². The number of hydrogen-bond donors (Lipinski definition) is 1. The van der Waals surface area contributed by atoms with E-state index in [0.29, 0.717) is 5.56 Å². The van der Waals surface area contributed by atoms with Crippen molar-refractivity contribution in [2.45, 2.75) is 13.0 Å². The fourth-order valence-electron chi connectivity index (χ4n) is 2.49. The summed E-state index contributed by atoms with van der Waals surface area (Å²) in [6.07, 6.45) is 1.15. The molecule has 102 valence electrons. The zero-order valence-electron chi connectivity index (χ0n) is 11.3. The highest BCUT2D eigenvalue weighted by Crippen LogP contribution is 2.10. The molecule has 0 unspecified atom stereocenters. The molecule has 4 heteroatoms. The number of aliphatic hydroxyl groups is 1. The molecular formula is C15H21N3O. The second kappa shape index (κ2) is 7.25. The fourth-order valence-corrected chi connectivity index (χ4v) is 2.49. The maximum absolute atomic E-state index is 8.98. The lowest BCUT2D eigenvalue weighted by Gasteiger charge is -2.21. The van der Waals surface area contributed by atoms with Crippen LogP contribution in [0.15, 0.2) is 24.3 Å². The maximum Gasteiger partial charge on any atom is 0.0991 e. The van der Waals surface area contributed by atoms with E-state index in [2.05, 4.69) is 15.9 Å². The highest BCUT2D eigenvalue weighted by molar-refractivity contribution is 5.31. The Hall–Kier alpha value is -1.41.